The van der Waals surface area contributed by atoms with Crippen molar-refractivity contribution in [1.29, 1.82) is 0 Å². The van der Waals surface area contributed by atoms with E-state index in [4.69, 9.17) is 0 Å². The molecule has 0 radical (unpaired) electrons. The molecule has 5 rings (SSSR count). The summed E-state index contributed by atoms with van der Waals surface area (Å²) in [5.74, 6) is -2.48. The quantitative estimate of drug-likeness (QED) is 0.242. The fourth-order valence-corrected chi connectivity index (χ4v) is 5.87. The fraction of sp³-hybridized carbons (Fsp3) is 0.423. The fourth-order valence-electron chi connectivity index (χ4n) is 4.82. The van der Waals surface area contributed by atoms with E-state index in [0.717, 1.165) is 29.3 Å². The number of nitrogens with zero attached hydrogens (tertiary/aromatic N) is 6. The number of halogens is 7. The molecule has 2 aromatic heterocycles. The molecule has 11 nitrogen and oxygen atoms in total. The van der Waals surface area contributed by atoms with Crippen molar-refractivity contribution < 1.29 is 48.7 Å². The largest absolute Gasteiger partial charge is 0.573 e. The Hall–Kier alpha value is -4.13. The summed E-state index contributed by atoms with van der Waals surface area (Å²) in [6, 6.07) is 4.28. The van der Waals surface area contributed by atoms with Crippen molar-refractivity contribution in [1.82, 2.24) is 34.8 Å². The van der Waals surface area contributed by atoms with Crippen LogP contribution in [0.1, 0.15) is 45.8 Å². The third-order valence-electron chi connectivity index (χ3n) is 7.20. The molecule has 0 saturated carbocycles. The molecule has 2 aliphatic rings. The summed E-state index contributed by atoms with van der Waals surface area (Å²) in [6.45, 7) is -0.487. The molecule has 1 aliphatic heterocycles. The third-order valence-corrected chi connectivity index (χ3v) is 8.77. The highest BCUT2D eigenvalue weighted by Crippen LogP contribution is 2.38. The minimum atomic E-state index is -5.33. The summed E-state index contributed by atoms with van der Waals surface area (Å²) in [5.41, 5.74) is -2.65. The van der Waals surface area contributed by atoms with Crippen molar-refractivity contribution in [3.8, 4) is 5.75 Å². The lowest BCUT2D eigenvalue weighted by atomic mass is 9.92. The zero-order valence-electron chi connectivity index (χ0n) is 23.1. The number of hydrogen-bond acceptors (Lipinski definition) is 8. The van der Waals surface area contributed by atoms with Crippen LogP contribution >= 0.6 is 0 Å². The molecule has 45 heavy (non-hydrogen) atoms. The molecule has 3 aromatic rings. The lowest BCUT2D eigenvalue weighted by Crippen LogP contribution is -2.54. The number of amides is 1. The average Bonchev–Trinajstić information content (AvgIpc) is 3.56. The van der Waals surface area contributed by atoms with Crippen molar-refractivity contribution in [2.75, 3.05) is 13.1 Å². The SMILES string of the molecule is O=C(NCc1cc(OC(F)(F)F)ccc1F)c1cn(CCCCc2cc3c(nn2)CC(C2CN(S(=O)(=O)C(F)(F)F)C2)=C3)nn1. The van der Waals surface area contributed by atoms with Gasteiger partial charge in [-0.05, 0) is 49.1 Å². The number of nitrogens with one attached hydrogen (secondary N) is 1. The molecule has 19 heteroatoms. The molecular weight excluding hydrogens is 639 g/mol. The standard InChI is InChI=1S/C26H24F7N7O4S/c27-21-5-4-20(44-25(28,29)30)9-17(21)11-34-24(41)23-14-39(38-37-23)6-2-1-3-19-8-16-7-15(10-22(16)36-35-19)18-12-40(13-18)45(42,43)26(31,32)33/h4-5,7-9,14,18H,1-3,6,10-13H2,(H,34,41). The van der Waals surface area contributed by atoms with Gasteiger partial charge in [-0.15, -0.1) is 18.3 Å². The second-order valence-corrected chi connectivity index (χ2v) is 12.3. The van der Waals surface area contributed by atoms with E-state index in [0.29, 0.717) is 47.9 Å². The first-order valence-corrected chi connectivity index (χ1v) is 14.9. The van der Waals surface area contributed by atoms with Gasteiger partial charge < -0.3 is 10.1 Å². The molecule has 1 amide bonds. The van der Waals surface area contributed by atoms with Crippen LogP contribution in [0.4, 0.5) is 30.7 Å². The number of carbonyl (C=O) groups excluding carboxylic acids is 1. The van der Waals surface area contributed by atoms with Crippen molar-refractivity contribution in [3.63, 3.8) is 0 Å². The molecule has 1 saturated heterocycles. The highest BCUT2D eigenvalue weighted by atomic mass is 32.2. The van der Waals surface area contributed by atoms with Crippen LogP contribution in [0.15, 0.2) is 36.0 Å². The molecule has 0 unspecified atom stereocenters. The van der Waals surface area contributed by atoms with Gasteiger partial charge in [0.05, 0.1) is 17.6 Å². The van der Waals surface area contributed by atoms with E-state index in [2.05, 4.69) is 30.6 Å². The minimum Gasteiger partial charge on any atom is -0.406 e. The van der Waals surface area contributed by atoms with Crippen molar-refractivity contribution in [2.24, 2.45) is 5.92 Å². The average molecular weight is 664 g/mol. The lowest BCUT2D eigenvalue weighted by molar-refractivity contribution is -0.274. The van der Waals surface area contributed by atoms with Crippen LogP contribution in [0, 0.1) is 11.7 Å². The normalized spacial score (nSPS) is 15.8. The van der Waals surface area contributed by atoms with Gasteiger partial charge in [-0.2, -0.15) is 27.7 Å². The Morgan fingerprint density at radius 3 is 2.51 bits per heavy atom. The maximum absolute atomic E-state index is 14.0. The summed E-state index contributed by atoms with van der Waals surface area (Å²) >= 11 is 0. The smallest absolute Gasteiger partial charge is 0.406 e. The predicted molar refractivity (Wildman–Crippen MR) is 141 cm³/mol. The van der Waals surface area contributed by atoms with Gasteiger partial charge in [0.2, 0.25) is 0 Å². The number of unbranched alkanes of at least 4 members (excludes halogenated alkanes) is 1. The molecule has 1 fully saturated rings. The lowest BCUT2D eigenvalue weighted by Gasteiger charge is -2.39. The number of rotatable bonds is 11. The van der Waals surface area contributed by atoms with Gasteiger partial charge in [0.15, 0.2) is 5.69 Å². The second-order valence-electron chi connectivity index (χ2n) is 10.4. The maximum atomic E-state index is 14.0. The van der Waals surface area contributed by atoms with Gasteiger partial charge in [0.25, 0.3) is 5.91 Å². The second kappa shape index (κ2) is 12.3. The van der Waals surface area contributed by atoms with Crippen molar-refractivity contribution in [2.45, 2.75) is 50.6 Å². The summed E-state index contributed by atoms with van der Waals surface area (Å²) in [6.07, 6.45) is 0.463. The highest BCUT2D eigenvalue weighted by Gasteiger charge is 2.54. The van der Waals surface area contributed by atoms with E-state index >= 15 is 0 Å². The highest BCUT2D eigenvalue weighted by molar-refractivity contribution is 7.90. The van der Waals surface area contributed by atoms with Gasteiger partial charge in [-0.1, -0.05) is 16.9 Å². The number of alkyl halides is 6. The summed E-state index contributed by atoms with van der Waals surface area (Å²) in [5, 5.41) is 18.4. The number of fused-ring (bicyclic) bond motifs is 1. The monoisotopic (exact) mass is 663 g/mol. The molecule has 3 heterocycles. The zero-order chi connectivity index (χ0) is 32.6. The van der Waals surface area contributed by atoms with Crippen LogP contribution in [0.25, 0.3) is 6.08 Å². The molecule has 0 atom stereocenters. The van der Waals surface area contributed by atoms with Gasteiger partial charge in [-0.25, -0.2) is 12.8 Å². The van der Waals surface area contributed by atoms with Gasteiger partial charge in [-0.3, -0.25) is 9.48 Å². The van der Waals surface area contributed by atoms with Crippen LogP contribution in [0.5, 0.6) is 5.75 Å². The molecule has 1 aliphatic carbocycles. The third kappa shape index (κ3) is 7.58. The molecule has 1 aromatic carbocycles. The first-order valence-electron chi connectivity index (χ1n) is 13.4. The first-order chi connectivity index (χ1) is 21.1. The van der Waals surface area contributed by atoms with Crippen molar-refractivity contribution >= 4 is 22.0 Å². The van der Waals surface area contributed by atoms with E-state index < -0.39 is 45.9 Å². The van der Waals surface area contributed by atoms with Crippen LogP contribution in [0.2, 0.25) is 0 Å². The number of hydrogen-bond donors (Lipinski definition) is 1. The van der Waals surface area contributed by atoms with Gasteiger partial charge >= 0.3 is 21.9 Å². The molecular formula is C26H24F7N7O4S. The van der Waals surface area contributed by atoms with E-state index in [1.54, 1.807) is 0 Å². The Kier molecular flexibility index (Phi) is 8.85. The van der Waals surface area contributed by atoms with Crippen LogP contribution < -0.4 is 10.1 Å². The van der Waals surface area contributed by atoms with Gasteiger partial charge in [0, 0.05) is 44.1 Å². The van der Waals surface area contributed by atoms with E-state index in [1.165, 1.54) is 10.9 Å². The molecule has 1 N–H and O–H groups in total. The van der Waals surface area contributed by atoms with E-state index in [9.17, 15) is 43.9 Å². The predicted octanol–water partition coefficient (Wildman–Crippen LogP) is 3.78. The number of benzene rings is 1. The zero-order valence-corrected chi connectivity index (χ0v) is 23.9. The van der Waals surface area contributed by atoms with Gasteiger partial charge in [0.1, 0.15) is 11.6 Å². The van der Waals surface area contributed by atoms with Crippen LogP contribution in [-0.2, 0) is 36.0 Å². The topological polar surface area (TPSA) is 132 Å². The van der Waals surface area contributed by atoms with Crippen LogP contribution in [0.3, 0.4) is 0 Å². The molecule has 242 valence electrons. The number of sulfonamides is 1. The Labute approximate surface area is 251 Å². The summed E-state index contributed by atoms with van der Waals surface area (Å²) in [4.78, 5) is 12.4. The number of aromatic nitrogens is 5. The first kappa shape index (κ1) is 32.3. The van der Waals surface area contributed by atoms with Crippen LogP contribution in [-0.4, -0.2) is 68.8 Å². The number of ether oxygens (including phenoxy) is 1. The number of aryl methyl sites for hydroxylation is 2. The van der Waals surface area contributed by atoms with E-state index in [-0.39, 0.29) is 30.3 Å². The minimum absolute atomic E-state index is 0.0734. The Morgan fingerprint density at radius 2 is 1.80 bits per heavy atom. The number of carbonyl (C=O) groups is 1. The van der Waals surface area contributed by atoms with E-state index in [1.807, 2.05) is 12.1 Å². The Morgan fingerprint density at radius 1 is 1.04 bits per heavy atom. The Bertz CT molecular complexity index is 1720. The molecule has 0 bridgehead atoms. The van der Waals surface area contributed by atoms with Crippen molar-refractivity contribution in [3.05, 3.63) is 70.1 Å². The Balaban J connectivity index is 1.06. The molecule has 0 spiro atoms. The maximum Gasteiger partial charge on any atom is 0.573 e. The summed E-state index contributed by atoms with van der Waals surface area (Å²) in [7, 11) is -5.33. The summed E-state index contributed by atoms with van der Waals surface area (Å²) < 4.78 is 118.